The van der Waals surface area contributed by atoms with Crippen LogP contribution in [-0.2, 0) is 11.3 Å². The summed E-state index contributed by atoms with van der Waals surface area (Å²) in [6.45, 7) is 5.58. The molecule has 0 unspecified atom stereocenters. The summed E-state index contributed by atoms with van der Waals surface area (Å²) in [4.78, 5) is 34.0. The Morgan fingerprint density at radius 3 is 2.59 bits per heavy atom. The lowest BCUT2D eigenvalue weighted by atomic mass is 10.1. The second-order valence-corrected chi connectivity index (χ2v) is 7.50. The molecule has 152 valence electrons. The van der Waals surface area contributed by atoms with Crippen LogP contribution in [0, 0.1) is 5.82 Å². The van der Waals surface area contributed by atoms with Crippen molar-refractivity contribution in [1.29, 1.82) is 0 Å². The van der Waals surface area contributed by atoms with Gasteiger partial charge in [-0.25, -0.2) is 9.37 Å². The van der Waals surface area contributed by atoms with Gasteiger partial charge in [0.25, 0.3) is 11.5 Å². The van der Waals surface area contributed by atoms with E-state index in [0.717, 1.165) is 0 Å². The Morgan fingerprint density at radius 1 is 1.24 bits per heavy atom. The van der Waals surface area contributed by atoms with Gasteiger partial charge in [-0.2, -0.15) is 0 Å². The number of fused-ring (bicyclic) bond motifs is 1. The number of nitrogens with zero attached hydrogens (tertiary/aromatic N) is 2. The third-order valence-electron chi connectivity index (χ3n) is 4.43. The second-order valence-electron chi connectivity index (χ2n) is 7.06. The van der Waals surface area contributed by atoms with E-state index >= 15 is 0 Å². The molecule has 3 rings (SSSR count). The third-order valence-corrected chi connectivity index (χ3v) is 4.66. The summed E-state index contributed by atoms with van der Waals surface area (Å²) in [6.07, 6.45) is 0. The van der Waals surface area contributed by atoms with E-state index in [4.69, 9.17) is 16.3 Å². The number of hydrogen-bond donors (Lipinski definition) is 1. The largest absolute Gasteiger partial charge is 0.478 e. The maximum Gasteiger partial charge on any atom is 0.266 e. The standard InChI is InChI=1S/C21H21ClFN3O3/c1-4-26(20(28)21(2,3)29-15-8-6-14(23)7-9-15)12-18-24-17-11-13(22)5-10-16(17)19(27)25-18/h5-11H,4,12H2,1-3H3,(H,24,25,27). The number of aromatic nitrogens is 2. The van der Waals surface area contributed by atoms with Gasteiger partial charge in [0.05, 0.1) is 17.4 Å². The molecule has 0 atom stereocenters. The summed E-state index contributed by atoms with van der Waals surface area (Å²) in [6, 6.07) is 10.3. The van der Waals surface area contributed by atoms with Crippen molar-refractivity contribution < 1.29 is 13.9 Å². The Kier molecular flexibility index (Phi) is 5.88. The van der Waals surface area contributed by atoms with Crippen LogP contribution in [0.1, 0.15) is 26.6 Å². The number of amides is 1. The molecule has 0 aliphatic carbocycles. The van der Waals surface area contributed by atoms with Crippen molar-refractivity contribution in [3.63, 3.8) is 0 Å². The molecule has 1 aromatic heterocycles. The Hall–Kier alpha value is -2.93. The molecule has 0 saturated carbocycles. The van der Waals surface area contributed by atoms with Crippen molar-refractivity contribution in [2.24, 2.45) is 0 Å². The molecule has 29 heavy (non-hydrogen) atoms. The van der Waals surface area contributed by atoms with Gasteiger partial charge >= 0.3 is 0 Å². The second kappa shape index (κ2) is 8.21. The van der Waals surface area contributed by atoms with Crippen molar-refractivity contribution in [3.8, 4) is 5.75 Å². The molecule has 8 heteroatoms. The molecule has 6 nitrogen and oxygen atoms in total. The molecule has 0 radical (unpaired) electrons. The summed E-state index contributed by atoms with van der Waals surface area (Å²) >= 11 is 6.00. The zero-order valence-electron chi connectivity index (χ0n) is 16.3. The Balaban J connectivity index is 1.83. The summed E-state index contributed by atoms with van der Waals surface area (Å²) in [5.41, 5.74) is -1.04. The highest BCUT2D eigenvalue weighted by atomic mass is 35.5. The smallest absolute Gasteiger partial charge is 0.266 e. The van der Waals surface area contributed by atoms with Gasteiger partial charge in [-0.3, -0.25) is 9.59 Å². The lowest BCUT2D eigenvalue weighted by Gasteiger charge is -2.31. The topological polar surface area (TPSA) is 75.3 Å². The number of rotatable bonds is 6. The van der Waals surface area contributed by atoms with Gasteiger partial charge in [0.1, 0.15) is 17.4 Å². The van der Waals surface area contributed by atoms with E-state index in [1.54, 1.807) is 32.0 Å². The molecule has 1 heterocycles. The molecule has 0 aliphatic heterocycles. The molecule has 0 aliphatic rings. The van der Waals surface area contributed by atoms with Crippen LogP contribution in [-0.4, -0.2) is 32.9 Å². The summed E-state index contributed by atoms with van der Waals surface area (Å²) in [7, 11) is 0. The predicted molar refractivity (Wildman–Crippen MR) is 110 cm³/mol. The van der Waals surface area contributed by atoms with E-state index in [9.17, 15) is 14.0 Å². The van der Waals surface area contributed by atoms with Crippen LogP contribution < -0.4 is 10.3 Å². The van der Waals surface area contributed by atoms with Crippen molar-refractivity contribution in [2.75, 3.05) is 6.54 Å². The lowest BCUT2D eigenvalue weighted by Crippen LogP contribution is -2.48. The third kappa shape index (κ3) is 4.74. The summed E-state index contributed by atoms with van der Waals surface area (Å²) in [5.74, 6) is 0.0477. The van der Waals surface area contributed by atoms with Crippen LogP contribution in [0.4, 0.5) is 4.39 Å². The SMILES string of the molecule is CCN(Cc1nc2cc(Cl)ccc2c(=O)[nH]1)C(=O)C(C)(C)Oc1ccc(F)cc1. The predicted octanol–water partition coefficient (Wildman–Crippen LogP) is 3.92. The average molecular weight is 418 g/mol. The van der Waals surface area contributed by atoms with Crippen LogP contribution in [0.3, 0.4) is 0 Å². The minimum absolute atomic E-state index is 0.100. The highest BCUT2D eigenvalue weighted by Gasteiger charge is 2.34. The van der Waals surface area contributed by atoms with Gasteiger partial charge in [0.2, 0.25) is 0 Å². The molecule has 0 fully saturated rings. The highest BCUT2D eigenvalue weighted by molar-refractivity contribution is 6.31. The van der Waals surface area contributed by atoms with Crippen LogP contribution >= 0.6 is 11.6 Å². The molecular weight excluding hydrogens is 397 g/mol. The first-order valence-corrected chi connectivity index (χ1v) is 9.50. The highest BCUT2D eigenvalue weighted by Crippen LogP contribution is 2.22. The van der Waals surface area contributed by atoms with E-state index < -0.39 is 5.60 Å². The quantitative estimate of drug-likeness (QED) is 0.659. The number of carbonyl (C=O) groups is 1. The zero-order chi connectivity index (χ0) is 21.2. The molecular formula is C21H21ClFN3O3. The fourth-order valence-electron chi connectivity index (χ4n) is 2.97. The van der Waals surface area contributed by atoms with E-state index in [1.807, 2.05) is 6.92 Å². The monoisotopic (exact) mass is 417 g/mol. The number of hydrogen-bond acceptors (Lipinski definition) is 4. The molecule has 3 aromatic rings. The number of halogens is 2. The Morgan fingerprint density at radius 2 is 1.93 bits per heavy atom. The molecule has 1 N–H and O–H groups in total. The van der Waals surface area contributed by atoms with Crippen molar-refractivity contribution in [2.45, 2.75) is 32.9 Å². The average Bonchev–Trinajstić information content (AvgIpc) is 2.67. The van der Waals surface area contributed by atoms with E-state index in [0.29, 0.717) is 34.0 Å². The number of aromatic amines is 1. The number of ether oxygens (including phenoxy) is 1. The first-order chi connectivity index (χ1) is 13.7. The van der Waals surface area contributed by atoms with Crippen molar-refractivity contribution in [1.82, 2.24) is 14.9 Å². The number of likely N-dealkylation sites (N-methyl/N-ethyl adjacent to an activating group) is 1. The van der Waals surface area contributed by atoms with Gasteiger partial charge in [-0.05, 0) is 63.2 Å². The minimum atomic E-state index is -1.20. The number of carbonyl (C=O) groups excluding carboxylic acids is 1. The maximum absolute atomic E-state index is 13.1. The van der Waals surface area contributed by atoms with Gasteiger partial charge in [-0.1, -0.05) is 11.6 Å². The van der Waals surface area contributed by atoms with Crippen LogP contribution in [0.2, 0.25) is 5.02 Å². The molecule has 0 bridgehead atoms. The summed E-state index contributed by atoms with van der Waals surface area (Å²) in [5, 5.41) is 0.895. The van der Waals surface area contributed by atoms with Gasteiger partial charge in [0, 0.05) is 11.6 Å². The summed E-state index contributed by atoms with van der Waals surface area (Å²) < 4.78 is 18.9. The number of H-pyrrole nitrogens is 1. The van der Waals surface area contributed by atoms with E-state index in [1.165, 1.54) is 29.2 Å². The zero-order valence-corrected chi connectivity index (χ0v) is 17.1. The fourth-order valence-corrected chi connectivity index (χ4v) is 3.13. The first-order valence-electron chi connectivity index (χ1n) is 9.12. The fraction of sp³-hybridized carbons (Fsp3) is 0.286. The van der Waals surface area contributed by atoms with Gasteiger partial charge in [-0.15, -0.1) is 0 Å². The Bertz CT molecular complexity index is 1100. The molecule has 0 saturated heterocycles. The number of nitrogens with one attached hydrogen (secondary N) is 1. The van der Waals surface area contributed by atoms with E-state index in [2.05, 4.69) is 9.97 Å². The van der Waals surface area contributed by atoms with Gasteiger partial charge < -0.3 is 14.6 Å². The first kappa shape index (κ1) is 20.8. The van der Waals surface area contributed by atoms with Crippen LogP contribution in [0.5, 0.6) is 5.75 Å². The normalized spacial score (nSPS) is 11.5. The van der Waals surface area contributed by atoms with Crippen molar-refractivity contribution in [3.05, 3.63) is 69.5 Å². The Labute approximate surface area is 172 Å². The van der Waals surface area contributed by atoms with Crippen LogP contribution in [0.15, 0.2) is 47.3 Å². The molecule has 1 amide bonds. The van der Waals surface area contributed by atoms with Gasteiger partial charge in [0.15, 0.2) is 5.60 Å². The van der Waals surface area contributed by atoms with Crippen LogP contribution in [0.25, 0.3) is 10.9 Å². The molecule has 2 aromatic carbocycles. The molecule has 0 spiro atoms. The minimum Gasteiger partial charge on any atom is -0.478 e. The lowest BCUT2D eigenvalue weighted by molar-refractivity contribution is -0.146. The van der Waals surface area contributed by atoms with Crippen molar-refractivity contribution >= 4 is 28.4 Å². The van der Waals surface area contributed by atoms with E-state index in [-0.39, 0.29) is 23.8 Å². The number of benzene rings is 2. The maximum atomic E-state index is 13.1.